The van der Waals surface area contributed by atoms with E-state index in [0.29, 0.717) is 5.56 Å². The zero-order valence-corrected chi connectivity index (χ0v) is 9.42. The monoisotopic (exact) mass is 214 g/mol. The average Bonchev–Trinajstić information content (AvgIpc) is 2.70. The molecule has 1 unspecified atom stereocenters. The summed E-state index contributed by atoms with van der Waals surface area (Å²) >= 11 is 0. The predicted octanol–water partition coefficient (Wildman–Crippen LogP) is 2.61. The first-order valence-electron chi connectivity index (χ1n) is 5.28. The van der Waals surface area contributed by atoms with Crippen LogP contribution in [-0.2, 0) is 0 Å². The van der Waals surface area contributed by atoms with Gasteiger partial charge in [-0.15, -0.1) is 0 Å². The minimum absolute atomic E-state index is 0.148. The third kappa shape index (κ3) is 1.76. The van der Waals surface area contributed by atoms with E-state index in [4.69, 9.17) is 0 Å². The van der Waals surface area contributed by atoms with Gasteiger partial charge in [-0.3, -0.25) is 9.48 Å². The molecule has 1 heterocycles. The largest absolute Gasteiger partial charge is 0.298 e. The van der Waals surface area contributed by atoms with Crippen LogP contribution in [0.25, 0.3) is 0 Å². The second-order valence-electron chi connectivity index (χ2n) is 3.83. The van der Waals surface area contributed by atoms with Gasteiger partial charge >= 0.3 is 0 Å². The molecule has 0 fully saturated rings. The van der Waals surface area contributed by atoms with Crippen molar-refractivity contribution in [2.75, 3.05) is 0 Å². The van der Waals surface area contributed by atoms with Crippen LogP contribution < -0.4 is 0 Å². The fourth-order valence-electron chi connectivity index (χ4n) is 1.82. The van der Waals surface area contributed by atoms with Crippen molar-refractivity contribution in [1.29, 1.82) is 0 Å². The summed E-state index contributed by atoms with van der Waals surface area (Å²) in [6.45, 7) is 3.99. The number of carbonyl (C=O) groups is 1. The van der Waals surface area contributed by atoms with E-state index in [1.165, 1.54) is 5.56 Å². The van der Waals surface area contributed by atoms with Gasteiger partial charge in [-0.1, -0.05) is 30.3 Å². The van der Waals surface area contributed by atoms with Crippen molar-refractivity contribution in [1.82, 2.24) is 9.78 Å². The van der Waals surface area contributed by atoms with Crippen LogP contribution in [0.2, 0.25) is 0 Å². The van der Waals surface area contributed by atoms with Gasteiger partial charge in [0.25, 0.3) is 0 Å². The number of nitrogens with zero attached hydrogens (tertiary/aromatic N) is 2. The second-order valence-corrected chi connectivity index (χ2v) is 3.83. The zero-order valence-electron chi connectivity index (χ0n) is 9.42. The van der Waals surface area contributed by atoms with Gasteiger partial charge in [-0.2, -0.15) is 5.10 Å². The first-order valence-corrected chi connectivity index (χ1v) is 5.28. The lowest BCUT2D eigenvalue weighted by Crippen LogP contribution is -2.10. The molecule has 2 rings (SSSR count). The lowest BCUT2D eigenvalue weighted by atomic mass is 10.1. The Morgan fingerprint density at radius 1 is 1.31 bits per heavy atom. The van der Waals surface area contributed by atoms with E-state index >= 15 is 0 Å². The number of hydrogen-bond acceptors (Lipinski definition) is 2. The van der Waals surface area contributed by atoms with Crippen molar-refractivity contribution in [3.05, 3.63) is 53.3 Å². The molecular formula is C13H14N2O. The zero-order chi connectivity index (χ0) is 11.5. The van der Waals surface area contributed by atoms with Gasteiger partial charge in [0.2, 0.25) is 0 Å². The predicted molar refractivity (Wildman–Crippen MR) is 62.6 cm³/mol. The van der Waals surface area contributed by atoms with Gasteiger partial charge in [0, 0.05) is 5.69 Å². The highest BCUT2D eigenvalue weighted by Gasteiger charge is 2.12. The van der Waals surface area contributed by atoms with Crippen LogP contribution in [0.15, 0.2) is 36.5 Å². The maximum atomic E-state index is 10.7. The summed E-state index contributed by atoms with van der Waals surface area (Å²) in [6, 6.07) is 10.3. The highest BCUT2D eigenvalue weighted by molar-refractivity contribution is 5.75. The lowest BCUT2D eigenvalue weighted by molar-refractivity contribution is 0.112. The Balaban J connectivity index is 2.38. The molecule has 0 aliphatic rings. The Bertz CT molecular complexity index is 488. The summed E-state index contributed by atoms with van der Waals surface area (Å²) in [7, 11) is 0. The van der Waals surface area contributed by atoms with Gasteiger partial charge < -0.3 is 0 Å². The third-order valence-electron chi connectivity index (χ3n) is 2.86. The highest BCUT2D eigenvalue weighted by atomic mass is 16.1. The smallest absolute Gasteiger partial charge is 0.153 e. The van der Waals surface area contributed by atoms with E-state index in [2.05, 4.69) is 24.2 Å². The molecule has 1 aromatic heterocycles. The molecule has 0 saturated carbocycles. The van der Waals surface area contributed by atoms with Gasteiger partial charge in [0.05, 0.1) is 17.8 Å². The molecule has 1 atom stereocenters. The van der Waals surface area contributed by atoms with E-state index in [1.54, 1.807) is 6.20 Å². The van der Waals surface area contributed by atoms with Crippen molar-refractivity contribution >= 4 is 6.29 Å². The summed E-state index contributed by atoms with van der Waals surface area (Å²) in [5.74, 6) is 0. The Morgan fingerprint density at radius 3 is 2.56 bits per heavy atom. The maximum Gasteiger partial charge on any atom is 0.153 e. The van der Waals surface area contributed by atoms with E-state index in [1.807, 2.05) is 29.8 Å². The Kier molecular flexibility index (Phi) is 2.86. The third-order valence-corrected chi connectivity index (χ3v) is 2.86. The summed E-state index contributed by atoms with van der Waals surface area (Å²) < 4.78 is 1.87. The first-order chi connectivity index (χ1) is 7.74. The van der Waals surface area contributed by atoms with E-state index in [9.17, 15) is 4.79 Å². The molecule has 82 valence electrons. The van der Waals surface area contributed by atoms with Crippen molar-refractivity contribution < 1.29 is 4.79 Å². The minimum atomic E-state index is 0.148. The van der Waals surface area contributed by atoms with Crippen LogP contribution >= 0.6 is 0 Å². The summed E-state index contributed by atoms with van der Waals surface area (Å²) in [5.41, 5.74) is 2.75. The molecular weight excluding hydrogens is 200 g/mol. The van der Waals surface area contributed by atoms with Crippen LogP contribution in [0.4, 0.5) is 0 Å². The SMILES string of the molecule is Cc1c(C=O)cnn1C(C)c1ccccc1. The Labute approximate surface area is 94.7 Å². The molecule has 0 amide bonds. The number of rotatable bonds is 3. The Hall–Kier alpha value is -1.90. The van der Waals surface area contributed by atoms with Crippen LogP contribution in [0, 0.1) is 6.92 Å². The molecule has 0 radical (unpaired) electrons. The van der Waals surface area contributed by atoms with E-state index in [0.717, 1.165) is 12.0 Å². The van der Waals surface area contributed by atoms with Crippen molar-refractivity contribution in [2.24, 2.45) is 0 Å². The van der Waals surface area contributed by atoms with Gasteiger partial charge in [-0.25, -0.2) is 0 Å². The maximum absolute atomic E-state index is 10.7. The fourth-order valence-corrected chi connectivity index (χ4v) is 1.82. The van der Waals surface area contributed by atoms with Crippen LogP contribution in [0.1, 0.15) is 34.6 Å². The van der Waals surface area contributed by atoms with E-state index in [-0.39, 0.29) is 6.04 Å². The molecule has 0 spiro atoms. The summed E-state index contributed by atoms with van der Waals surface area (Å²) in [6.07, 6.45) is 2.46. The molecule has 2 aromatic rings. The standard InChI is InChI=1S/C13H14N2O/c1-10(12-6-4-3-5-7-12)15-11(2)13(9-16)8-14-15/h3-10H,1-2H3. The van der Waals surface area contributed by atoms with Crippen LogP contribution in [0.3, 0.4) is 0 Å². The molecule has 0 aliphatic carbocycles. The number of carbonyl (C=O) groups excluding carboxylic acids is 1. The molecule has 0 bridgehead atoms. The van der Waals surface area contributed by atoms with Crippen LogP contribution in [0.5, 0.6) is 0 Å². The van der Waals surface area contributed by atoms with Crippen molar-refractivity contribution in [2.45, 2.75) is 19.9 Å². The topological polar surface area (TPSA) is 34.9 Å². The fraction of sp³-hybridized carbons (Fsp3) is 0.231. The van der Waals surface area contributed by atoms with Crippen molar-refractivity contribution in [3.63, 3.8) is 0 Å². The molecule has 0 aliphatic heterocycles. The molecule has 1 aromatic carbocycles. The lowest BCUT2D eigenvalue weighted by Gasteiger charge is -2.14. The van der Waals surface area contributed by atoms with Crippen LogP contribution in [-0.4, -0.2) is 16.1 Å². The van der Waals surface area contributed by atoms with Gasteiger partial charge in [0.15, 0.2) is 6.29 Å². The number of aldehydes is 1. The van der Waals surface area contributed by atoms with Gasteiger partial charge in [-0.05, 0) is 19.4 Å². The Morgan fingerprint density at radius 2 is 2.00 bits per heavy atom. The van der Waals surface area contributed by atoms with Gasteiger partial charge in [0.1, 0.15) is 0 Å². The molecule has 16 heavy (non-hydrogen) atoms. The summed E-state index contributed by atoms with van der Waals surface area (Å²) in [5, 5.41) is 4.25. The quantitative estimate of drug-likeness (QED) is 0.736. The summed E-state index contributed by atoms with van der Waals surface area (Å²) in [4.78, 5) is 10.7. The van der Waals surface area contributed by atoms with E-state index < -0.39 is 0 Å². The number of aromatic nitrogens is 2. The average molecular weight is 214 g/mol. The normalized spacial score (nSPS) is 12.4. The highest BCUT2D eigenvalue weighted by Crippen LogP contribution is 2.19. The van der Waals surface area contributed by atoms with Crippen molar-refractivity contribution in [3.8, 4) is 0 Å². The number of hydrogen-bond donors (Lipinski definition) is 0. The molecule has 3 heteroatoms. The second kappa shape index (κ2) is 4.31. The molecule has 3 nitrogen and oxygen atoms in total. The molecule has 0 N–H and O–H groups in total. The minimum Gasteiger partial charge on any atom is -0.298 e. The first kappa shape index (κ1) is 10.6. The number of benzene rings is 1. The molecule has 0 saturated heterocycles.